The number of phenolic OH excluding ortho intramolecular Hbond substituents is 1. The summed E-state index contributed by atoms with van der Waals surface area (Å²) in [5, 5.41) is 54.9. The number of ether oxygens (including phenoxy) is 1. The van der Waals surface area contributed by atoms with Crippen molar-refractivity contribution < 1.29 is 44.7 Å². The van der Waals surface area contributed by atoms with E-state index < -0.39 is 81.8 Å². The van der Waals surface area contributed by atoms with Gasteiger partial charge in [-0.05, 0) is 31.3 Å². The lowest BCUT2D eigenvalue weighted by Crippen LogP contribution is -2.70. The summed E-state index contributed by atoms with van der Waals surface area (Å²) < 4.78 is 5.70. The molecule has 3 aliphatic rings. The Kier molecular flexibility index (Phi) is 6.20. The van der Waals surface area contributed by atoms with Crippen molar-refractivity contribution in [2.24, 2.45) is 17.6 Å². The highest BCUT2D eigenvalue weighted by atomic mass is 16.5. The number of Topliss-reactive ketones (excluding diaryl/α,β-unsaturated/α-hetero) is 2. The van der Waals surface area contributed by atoms with Gasteiger partial charge in [-0.2, -0.15) is 0 Å². The predicted molar refractivity (Wildman–Crippen MR) is 131 cm³/mol. The van der Waals surface area contributed by atoms with Crippen LogP contribution in [-0.4, -0.2) is 86.0 Å². The number of ketones is 2. The number of aliphatic hydroxyl groups is 4. The van der Waals surface area contributed by atoms with Crippen molar-refractivity contribution >= 4 is 34.6 Å². The van der Waals surface area contributed by atoms with Crippen LogP contribution in [0, 0.1) is 11.8 Å². The number of aromatic hydroxyl groups is 1. The number of nitrogens with two attached hydrogens (primary N) is 2. The van der Waals surface area contributed by atoms with Crippen LogP contribution in [0.4, 0.5) is 5.69 Å². The summed E-state index contributed by atoms with van der Waals surface area (Å²) in [5.41, 5.74) is 7.04. The number of hydrogen-bond acceptors (Lipinski definition) is 12. The Morgan fingerprint density at radius 3 is 2.41 bits per heavy atom. The molecule has 6 atom stereocenters. The lowest BCUT2D eigenvalue weighted by Gasteiger charge is -2.54. The standard InChI is InChI=1S/C25H29N3O9/c1-5-11(29)37-21-12-8(2)9-6-7-10(26)18(30)13(9)19(31)14(12)22(33)25(36)16(21)17(28(3)4)20(32)15(23(25)34)24(27)35/h6-7,12,16-17,21,24,30-31,34-36H,2,5,26-27H2,1,3-4H3/t12-,16-,17+,21+,24?,25+/m1/s1. The van der Waals surface area contributed by atoms with Crippen molar-refractivity contribution in [3.05, 3.63) is 46.7 Å². The molecule has 0 bridgehead atoms. The molecule has 198 valence electrons. The minimum atomic E-state index is -2.95. The first-order chi connectivity index (χ1) is 17.2. The van der Waals surface area contributed by atoms with Crippen molar-refractivity contribution in [1.82, 2.24) is 4.90 Å². The normalized spacial score (nSPS) is 30.2. The van der Waals surface area contributed by atoms with Gasteiger partial charge in [-0.1, -0.05) is 19.6 Å². The second-order valence-electron chi connectivity index (χ2n) is 9.60. The molecule has 37 heavy (non-hydrogen) atoms. The summed E-state index contributed by atoms with van der Waals surface area (Å²) in [6.45, 7) is 5.53. The second kappa shape index (κ2) is 8.70. The maximum atomic E-state index is 14.0. The van der Waals surface area contributed by atoms with Crippen LogP contribution in [0.1, 0.15) is 24.5 Å². The average Bonchev–Trinajstić information content (AvgIpc) is 2.82. The lowest BCUT2D eigenvalue weighted by molar-refractivity contribution is -0.181. The number of rotatable bonds is 4. The summed E-state index contributed by atoms with van der Waals surface area (Å²) in [5.74, 6) is -8.28. The highest BCUT2D eigenvalue weighted by Gasteiger charge is 2.69. The van der Waals surface area contributed by atoms with Crippen LogP contribution in [0.5, 0.6) is 5.75 Å². The van der Waals surface area contributed by atoms with E-state index in [9.17, 15) is 39.9 Å². The molecule has 12 heteroatoms. The van der Waals surface area contributed by atoms with Gasteiger partial charge in [-0.15, -0.1) is 0 Å². The van der Waals surface area contributed by atoms with Crippen LogP contribution in [0.15, 0.2) is 35.6 Å². The Morgan fingerprint density at radius 1 is 1.24 bits per heavy atom. The molecule has 1 aromatic carbocycles. The number of hydrogen-bond donors (Lipinski definition) is 7. The minimum Gasteiger partial charge on any atom is -0.508 e. The molecule has 1 aromatic rings. The maximum absolute atomic E-state index is 14.0. The Bertz CT molecular complexity index is 1310. The quantitative estimate of drug-likeness (QED) is 0.119. The molecule has 12 nitrogen and oxygen atoms in total. The van der Waals surface area contributed by atoms with Gasteiger partial charge in [0.1, 0.15) is 29.6 Å². The summed E-state index contributed by atoms with van der Waals surface area (Å²) in [6.07, 6.45) is -3.67. The molecule has 0 spiro atoms. The number of fused-ring (bicyclic) bond motifs is 3. The van der Waals surface area contributed by atoms with Crippen LogP contribution in [0.25, 0.3) is 11.3 Å². The Morgan fingerprint density at radius 2 is 1.86 bits per heavy atom. The zero-order valence-electron chi connectivity index (χ0n) is 20.4. The SMILES string of the molecule is C=C1c2ccc(N)c(O)c2C(O)=C2C(=O)[C@]3(O)C(O)=C(C(N)O)C(=O)[C@@H](N(C)C)[C@@H]3[C@@H](OC(=O)CC)[C@H]12. The van der Waals surface area contributed by atoms with Crippen molar-refractivity contribution in [1.29, 1.82) is 0 Å². The minimum absolute atomic E-state index is 0.108. The van der Waals surface area contributed by atoms with E-state index in [1.54, 1.807) is 0 Å². The number of nitrogen functional groups attached to an aromatic ring is 1. The third-order valence-corrected chi connectivity index (χ3v) is 7.39. The zero-order valence-corrected chi connectivity index (χ0v) is 20.4. The van der Waals surface area contributed by atoms with Crippen molar-refractivity contribution in [2.45, 2.75) is 37.3 Å². The number of benzene rings is 1. The number of carbonyl (C=O) groups excluding carboxylic acids is 3. The molecule has 1 unspecified atom stereocenters. The Balaban J connectivity index is 2.13. The molecule has 0 aliphatic heterocycles. The smallest absolute Gasteiger partial charge is 0.305 e. The van der Waals surface area contributed by atoms with Gasteiger partial charge in [0.2, 0.25) is 5.78 Å². The Hall–Kier alpha value is -3.71. The molecule has 1 fully saturated rings. The van der Waals surface area contributed by atoms with Gasteiger partial charge in [0.25, 0.3) is 0 Å². The predicted octanol–water partition coefficient (Wildman–Crippen LogP) is -0.260. The summed E-state index contributed by atoms with van der Waals surface area (Å²) in [7, 11) is 2.92. The number of phenols is 1. The van der Waals surface area contributed by atoms with Gasteiger partial charge < -0.3 is 41.7 Å². The Labute approximate surface area is 211 Å². The van der Waals surface area contributed by atoms with Gasteiger partial charge in [0.05, 0.1) is 40.3 Å². The first kappa shape index (κ1) is 26.4. The van der Waals surface area contributed by atoms with Gasteiger partial charge in [0, 0.05) is 6.42 Å². The van der Waals surface area contributed by atoms with E-state index in [-0.39, 0.29) is 28.8 Å². The molecule has 0 saturated heterocycles. The van der Waals surface area contributed by atoms with Crippen molar-refractivity contribution in [2.75, 3.05) is 19.8 Å². The molecule has 0 heterocycles. The lowest BCUT2D eigenvalue weighted by atomic mass is 9.55. The molecule has 9 N–H and O–H groups in total. The van der Waals surface area contributed by atoms with Crippen molar-refractivity contribution in [3.63, 3.8) is 0 Å². The third-order valence-electron chi connectivity index (χ3n) is 7.39. The van der Waals surface area contributed by atoms with E-state index in [0.29, 0.717) is 0 Å². The summed E-state index contributed by atoms with van der Waals surface area (Å²) in [4.78, 5) is 41.4. The number of esters is 1. The molecular weight excluding hydrogens is 486 g/mol. The van der Waals surface area contributed by atoms with Crippen molar-refractivity contribution in [3.8, 4) is 5.75 Å². The van der Waals surface area contributed by atoms with E-state index in [1.165, 1.54) is 38.1 Å². The van der Waals surface area contributed by atoms with Crippen LogP contribution in [-0.2, 0) is 19.1 Å². The topological polar surface area (TPSA) is 217 Å². The van der Waals surface area contributed by atoms with E-state index >= 15 is 0 Å². The van der Waals surface area contributed by atoms with Gasteiger partial charge in [-0.3, -0.25) is 19.3 Å². The maximum Gasteiger partial charge on any atom is 0.305 e. The largest absolute Gasteiger partial charge is 0.508 e. The van der Waals surface area contributed by atoms with E-state index in [1.807, 2.05) is 0 Å². The van der Waals surface area contributed by atoms with Gasteiger partial charge in [-0.25, -0.2) is 0 Å². The second-order valence-corrected chi connectivity index (χ2v) is 9.60. The van der Waals surface area contributed by atoms with Gasteiger partial charge in [0.15, 0.2) is 11.4 Å². The fourth-order valence-electron chi connectivity index (χ4n) is 5.69. The molecule has 3 aliphatic carbocycles. The average molecular weight is 516 g/mol. The first-order valence-corrected chi connectivity index (χ1v) is 11.5. The monoisotopic (exact) mass is 515 g/mol. The third kappa shape index (κ3) is 3.40. The van der Waals surface area contributed by atoms with E-state index in [0.717, 1.165) is 0 Å². The number of carbonyl (C=O) groups is 3. The highest BCUT2D eigenvalue weighted by Crippen LogP contribution is 2.57. The molecular formula is C25H29N3O9. The number of nitrogens with zero attached hydrogens (tertiary/aromatic N) is 1. The highest BCUT2D eigenvalue weighted by molar-refractivity contribution is 6.17. The fraction of sp³-hybridized carbons (Fsp3) is 0.400. The first-order valence-electron chi connectivity index (χ1n) is 11.5. The van der Waals surface area contributed by atoms with Gasteiger partial charge >= 0.3 is 5.97 Å². The van der Waals surface area contributed by atoms with E-state index in [4.69, 9.17) is 16.2 Å². The van der Waals surface area contributed by atoms with Crippen LogP contribution < -0.4 is 11.5 Å². The molecule has 0 aromatic heterocycles. The molecule has 0 amide bonds. The molecule has 1 saturated carbocycles. The molecule has 0 radical (unpaired) electrons. The molecule has 4 rings (SSSR count). The number of anilines is 1. The van der Waals surface area contributed by atoms with Crippen LogP contribution in [0.3, 0.4) is 0 Å². The number of likely N-dealkylation sites (N-methyl/N-ethyl adjacent to an activating group) is 1. The summed E-state index contributed by atoms with van der Waals surface area (Å²) >= 11 is 0. The number of aliphatic hydroxyl groups excluding tert-OH is 3. The van der Waals surface area contributed by atoms with Crippen LogP contribution >= 0.6 is 0 Å². The fourth-order valence-corrected chi connectivity index (χ4v) is 5.69. The zero-order chi connectivity index (χ0) is 27.7. The van der Waals surface area contributed by atoms with Crippen LogP contribution in [0.2, 0.25) is 0 Å². The summed E-state index contributed by atoms with van der Waals surface area (Å²) in [6, 6.07) is 1.42. The van der Waals surface area contributed by atoms with E-state index in [2.05, 4.69) is 6.58 Å².